The van der Waals surface area contributed by atoms with Gasteiger partial charge in [-0.2, -0.15) is 0 Å². The third kappa shape index (κ3) is 3.36. The van der Waals surface area contributed by atoms with Gasteiger partial charge in [0.15, 0.2) is 11.6 Å². The van der Waals surface area contributed by atoms with Gasteiger partial charge < -0.3 is 5.32 Å². The molecule has 1 aromatic rings. The molecule has 0 spiro atoms. The van der Waals surface area contributed by atoms with Crippen LogP contribution in [0.5, 0.6) is 0 Å². The van der Waals surface area contributed by atoms with Crippen molar-refractivity contribution in [3.63, 3.8) is 0 Å². The van der Waals surface area contributed by atoms with Crippen LogP contribution in [-0.4, -0.2) is 31.1 Å². The van der Waals surface area contributed by atoms with Gasteiger partial charge in [-0.1, -0.05) is 19.1 Å². The van der Waals surface area contributed by atoms with Gasteiger partial charge in [-0.25, -0.2) is 8.78 Å². The summed E-state index contributed by atoms with van der Waals surface area (Å²) < 4.78 is 27.3. The second-order valence-electron chi connectivity index (χ2n) is 5.96. The number of rotatable bonds is 4. The lowest BCUT2D eigenvalue weighted by molar-refractivity contribution is 0.117. The Morgan fingerprint density at radius 2 is 2.10 bits per heavy atom. The summed E-state index contributed by atoms with van der Waals surface area (Å²) in [6.45, 7) is 6.22. The Bertz CT molecular complexity index is 450. The highest BCUT2D eigenvalue weighted by atomic mass is 19.2. The Labute approximate surface area is 120 Å². The third-order valence-corrected chi connectivity index (χ3v) is 4.40. The van der Waals surface area contributed by atoms with E-state index >= 15 is 0 Å². The van der Waals surface area contributed by atoms with Crippen molar-refractivity contribution in [3.05, 3.63) is 35.4 Å². The highest BCUT2D eigenvalue weighted by Crippen LogP contribution is 2.26. The Morgan fingerprint density at radius 1 is 1.35 bits per heavy atom. The van der Waals surface area contributed by atoms with E-state index in [1.807, 2.05) is 0 Å². The summed E-state index contributed by atoms with van der Waals surface area (Å²) in [5.41, 5.74) is 0.415. The van der Waals surface area contributed by atoms with E-state index in [2.05, 4.69) is 24.1 Å². The highest BCUT2D eigenvalue weighted by molar-refractivity contribution is 5.23. The van der Waals surface area contributed by atoms with Crippen molar-refractivity contribution in [3.8, 4) is 0 Å². The predicted octanol–water partition coefficient (Wildman–Crippen LogP) is 3.35. The molecular formula is C16H24F2N2. The molecule has 1 fully saturated rings. The maximum absolute atomic E-state index is 13.9. The van der Waals surface area contributed by atoms with Crippen molar-refractivity contribution in [1.82, 2.24) is 10.2 Å². The van der Waals surface area contributed by atoms with Crippen molar-refractivity contribution in [1.29, 1.82) is 0 Å². The molecule has 1 aromatic carbocycles. The number of halogens is 2. The summed E-state index contributed by atoms with van der Waals surface area (Å²) in [5, 5.41) is 3.12. The molecule has 1 aliphatic heterocycles. The molecule has 112 valence electrons. The molecule has 1 aliphatic rings. The van der Waals surface area contributed by atoms with E-state index in [1.54, 1.807) is 19.2 Å². The minimum atomic E-state index is -0.775. The third-order valence-electron chi connectivity index (χ3n) is 4.40. The van der Waals surface area contributed by atoms with Crippen LogP contribution in [0.15, 0.2) is 18.2 Å². The van der Waals surface area contributed by atoms with Crippen LogP contribution in [0.25, 0.3) is 0 Å². The van der Waals surface area contributed by atoms with Gasteiger partial charge in [0.05, 0.1) is 0 Å². The molecule has 0 saturated carbocycles. The van der Waals surface area contributed by atoms with Crippen molar-refractivity contribution in [2.45, 2.75) is 38.8 Å². The van der Waals surface area contributed by atoms with E-state index in [4.69, 9.17) is 0 Å². The molecule has 1 heterocycles. The van der Waals surface area contributed by atoms with Gasteiger partial charge in [0.2, 0.25) is 0 Å². The number of nitrogens with one attached hydrogen (secondary N) is 1. The largest absolute Gasteiger partial charge is 0.312 e. The van der Waals surface area contributed by atoms with Crippen LogP contribution in [0.2, 0.25) is 0 Å². The number of benzene rings is 1. The number of likely N-dealkylation sites (tertiary alicyclic amines) is 1. The monoisotopic (exact) mass is 282 g/mol. The highest BCUT2D eigenvalue weighted by Gasteiger charge is 2.26. The summed E-state index contributed by atoms with van der Waals surface area (Å²) in [7, 11) is 1.80. The Kier molecular flexibility index (Phi) is 5.11. The molecule has 0 aromatic heterocycles. The summed E-state index contributed by atoms with van der Waals surface area (Å²) in [4.78, 5) is 2.37. The zero-order valence-electron chi connectivity index (χ0n) is 12.5. The normalized spacial score (nSPS) is 25.6. The standard InChI is InChI=1S/C16H24F2N2/c1-11-7-8-20(12(2)9-11)10-15(19-3)13-5-4-6-14(17)16(13)18/h4-6,11-12,15,19H,7-10H2,1-3H3. The second kappa shape index (κ2) is 6.64. The fraction of sp³-hybridized carbons (Fsp3) is 0.625. The lowest BCUT2D eigenvalue weighted by Crippen LogP contribution is -2.44. The summed E-state index contributed by atoms with van der Waals surface area (Å²) in [6.07, 6.45) is 2.34. The van der Waals surface area contributed by atoms with Gasteiger partial charge in [0.25, 0.3) is 0 Å². The number of hydrogen-bond acceptors (Lipinski definition) is 2. The van der Waals surface area contributed by atoms with Crippen molar-refractivity contribution in [2.75, 3.05) is 20.1 Å². The summed E-state index contributed by atoms with van der Waals surface area (Å²) >= 11 is 0. The molecule has 0 bridgehead atoms. The van der Waals surface area contributed by atoms with E-state index in [0.717, 1.165) is 18.5 Å². The number of hydrogen-bond donors (Lipinski definition) is 1. The molecule has 0 radical (unpaired) electrons. The topological polar surface area (TPSA) is 15.3 Å². The quantitative estimate of drug-likeness (QED) is 0.911. The first kappa shape index (κ1) is 15.4. The summed E-state index contributed by atoms with van der Waals surface area (Å²) in [6, 6.07) is 4.71. The van der Waals surface area contributed by atoms with Crippen molar-refractivity contribution in [2.24, 2.45) is 5.92 Å². The lowest BCUT2D eigenvalue weighted by Gasteiger charge is -2.38. The maximum atomic E-state index is 13.9. The van der Waals surface area contributed by atoms with Crippen molar-refractivity contribution < 1.29 is 8.78 Å². The van der Waals surface area contributed by atoms with Gasteiger partial charge >= 0.3 is 0 Å². The minimum Gasteiger partial charge on any atom is -0.312 e. The molecule has 2 nitrogen and oxygen atoms in total. The van der Waals surface area contributed by atoms with Gasteiger partial charge in [-0.15, -0.1) is 0 Å². The van der Waals surface area contributed by atoms with E-state index in [9.17, 15) is 8.78 Å². The molecule has 3 unspecified atom stereocenters. The van der Waals surface area contributed by atoms with Crippen LogP contribution >= 0.6 is 0 Å². The molecule has 20 heavy (non-hydrogen) atoms. The van der Waals surface area contributed by atoms with Crippen LogP contribution in [0, 0.1) is 17.6 Å². The smallest absolute Gasteiger partial charge is 0.163 e. The van der Waals surface area contributed by atoms with E-state index in [-0.39, 0.29) is 6.04 Å². The van der Waals surface area contributed by atoms with Crippen LogP contribution in [-0.2, 0) is 0 Å². The van der Waals surface area contributed by atoms with Gasteiger partial charge in [0.1, 0.15) is 0 Å². The van der Waals surface area contributed by atoms with E-state index in [1.165, 1.54) is 12.8 Å². The Balaban J connectivity index is 2.11. The van der Waals surface area contributed by atoms with E-state index < -0.39 is 11.6 Å². The SMILES string of the molecule is CNC(CN1CCC(C)CC1C)c1cccc(F)c1F. The second-order valence-corrected chi connectivity index (χ2v) is 5.96. The van der Waals surface area contributed by atoms with Crippen LogP contribution in [0.1, 0.15) is 38.3 Å². The van der Waals surface area contributed by atoms with Crippen LogP contribution in [0.3, 0.4) is 0 Å². The van der Waals surface area contributed by atoms with Gasteiger partial charge in [-0.05, 0) is 45.3 Å². The number of piperidine rings is 1. The van der Waals surface area contributed by atoms with Gasteiger partial charge in [-0.3, -0.25) is 4.90 Å². The summed E-state index contributed by atoms with van der Waals surface area (Å²) in [5.74, 6) is -0.756. The average Bonchev–Trinajstić information content (AvgIpc) is 2.42. The van der Waals surface area contributed by atoms with Gasteiger partial charge in [0, 0.05) is 24.2 Å². The minimum absolute atomic E-state index is 0.179. The average molecular weight is 282 g/mol. The molecule has 2 rings (SSSR count). The molecular weight excluding hydrogens is 258 g/mol. The predicted molar refractivity (Wildman–Crippen MR) is 77.6 cm³/mol. The molecule has 0 aliphatic carbocycles. The fourth-order valence-corrected chi connectivity index (χ4v) is 3.10. The number of likely N-dealkylation sites (N-methyl/N-ethyl adjacent to an activating group) is 1. The zero-order chi connectivity index (χ0) is 14.7. The first-order valence-electron chi connectivity index (χ1n) is 7.38. The fourth-order valence-electron chi connectivity index (χ4n) is 3.10. The lowest BCUT2D eigenvalue weighted by atomic mass is 9.92. The first-order chi connectivity index (χ1) is 9.52. The Morgan fingerprint density at radius 3 is 2.75 bits per heavy atom. The Hall–Kier alpha value is -1.00. The molecule has 1 N–H and O–H groups in total. The molecule has 1 saturated heterocycles. The molecule has 3 atom stereocenters. The zero-order valence-corrected chi connectivity index (χ0v) is 12.5. The first-order valence-corrected chi connectivity index (χ1v) is 7.38. The van der Waals surface area contributed by atoms with Crippen LogP contribution in [0.4, 0.5) is 8.78 Å². The molecule has 4 heteroatoms. The van der Waals surface area contributed by atoms with Crippen LogP contribution < -0.4 is 5.32 Å². The van der Waals surface area contributed by atoms with E-state index in [0.29, 0.717) is 18.2 Å². The molecule has 0 amide bonds. The maximum Gasteiger partial charge on any atom is 0.163 e. The van der Waals surface area contributed by atoms with Crippen molar-refractivity contribution >= 4 is 0 Å². The number of nitrogens with zero attached hydrogens (tertiary/aromatic N) is 1.